The molecule has 1 saturated heterocycles. The molecule has 4 rings (SSSR count). The van der Waals surface area contributed by atoms with E-state index in [-0.39, 0.29) is 24.9 Å². The van der Waals surface area contributed by atoms with Crippen molar-refractivity contribution < 1.29 is 24.2 Å². The molecule has 2 N–H and O–H groups in total. The number of carbonyl (C=O) groups is 3. The number of piperidine rings is 1. The number of amides is 2. The van der Waals surface area contributed by atoms with E-state index in [9.17, 15) is 19.5 Å². The Morgan fingerprint density at radius 1 is 1.09 bits per heavy atom. The van der Waals surface area contributed by atoms with Crippen LogP contribution in [0.5, 0.6) is 0 Å². The van der Waals surface area contributed by atoms with Gasteiger partial charge in [0.25, 0.3) is 0 Å². The third-order valence-electron chi connectivity index (χ3n) is 7.23. The molecule has 180 valence electrons. The van der Waals surface area contributed by atoms with Crippen LogP contribution in [-0.4, -0.2) is 52.7 Å². The summed E-state index contributed by atoms with van der Waals surface area (Å²) in [6.45, 7) is 4.11. The summed E-state index contributed by atoms with van der Waals surface area (Å²) in [4.78, 5) is 38.9. The first-order valence-electron chi connectivity index (χ1n) is 12.0. The van der Waals surface area contributed by atoms with Crippen LogP contribution >= 0.6 is 0 Å². The molecule has 0 spiro atoms. The van der Waals surface area contributed by atoms with Crippen LogP contribution in [0.3, 0.4) is 0 Å². The second kappa shape index (κ2) is 9.87. The minimum Gasteiger partial charge on any atom is -0.480 e. The second-order valence-electron chi connectivity index (χ2n) is 9.36. The highest BCUT2D eigenvalue weighted by Crippen LogP contribution is 2.44. The topological polar surface area (TPSA) is 95.9 Å². The van der Waals surface area contributed by atoms with Crippen LogP contribution < -0.4 is 5.32 Å². The number of carboxylic acids is 1. The molecule has 1 heterocycles. The molecule has 2 amide bonds. The molecule has 1 aliphatic heterocycles. The van der Waals surface area contributed by atoms with Crippen molar-refractivity contribution in [3.63, 3.8) is 0 Å². The largest absolute Gasteiger partial charge is 0.480 e. The minimum atomic E-state index is -1.20. The summed E-state index contributed by atoms with van der Waals surface area (Å²) < 4.78 is 5.61. The number of ether oxygens (including phenoxy) is 1. The molecule has 0 bridgehead atoms. The molecule has 2 aromatic rings. The zero-order chi connectivity index (χ0) is 24.3. The molecule has 1 unspecified atom stereocenters. The number of nitrogens with one attached hydrogen (secondary N) is 1. The first-order valence-corrected chi connectivity index (χ1v) is 12.0. The van der Waals surface area contributed by atoms with Gasteiger partial charge in [0.2, 0.25) is 5.91 Å². The van der Waals surface area contributed by atoms with Crippen molar-refractivity contribution in [1.82, 2.24) is 10.2 Å². The fraction of sp³-hybridized carbons (Fsp3) is 0.444. The number of carboxylic acid groups (broad SMARTS) is 1. The average Bonchev–Trinajstić information content (AvgIpc) is 3.16. The molecule has 2 aliphatic rings. The summed E-state index contributed by atoms with van der Waals surface area (Å²) in [5.41, 5.74) is 3.39. The third kappa shape index (κ3) is 4.52. The first kappa shape index (κ1) is 23.8. The van der Waals surface area contributed by atoms with Crippen molar-refractivity contribution in [1.29, 1.82) is 0 Å². The molecule has 7 nitrogen and oxygen atoms in total. The summed E-state index contributed by atoms with van der Waals surface area (Å²) in [5.74, 6) is -1.28. The van der Waals surface area contributed by atoms with Gasteiger partial charge in [-0.3, -0.25) is 4.79 Å². The number of likely N-dealkylation sites (tertiary alicyclic amines) is 1. The summed E-state index contributed by atoms with van der Waals surface area (Å²) in [6.07, 6.45) is 2.01. The molecule has 0 radical (unpaired) electrons. The SMILES string of the molecule is CC[C@H](CC(=O)N1CCCCC1(C)C(=O)O)NC(=O)OCC1c2ccccc2-c2ccccc21. The van der Waals surface area contributed by atoms with Gasteiger partial charge in [0, 0.05) is 24.9 Å². The maximum atomic E-state index is 13.0. The molecule has 1 aliphatic carbocycles. The summed E-state index contributed by atoms with van der Waals surface area (Å²) in [5, 5.41) is 12.5. The fourth-order valence-electron chi connectivity index (χ4n) is 5.17. The maximum Gasteiger partial charge on any atom is 0.407 e. The maximum absolute atomic E-state index is 13.0. The molecular formula is C27H32N2O5. The van der Waals surface area contributed by atoms with Crippen molar-refractivity contribution in [2.45, 2.75) is 63.5 Å². The number of hydrogen-bond acceptors (Lipinski definition) is 4. The van der Waals surface area contributed by atoms with Crippen LogP contribution in [0.15, 0.2) is 48.5 Å². The quantitative estimate of drug-likeness (QED) is 0.627. The summed E-state index contributed by atoms with van der Waals surface area (Å²) in [6, 6.07) is 15.8. The Hall–Kier alpha value is -3.35. The van der Waals surface area contributed by atoms with E-state index in [1.54, 1.807) is 6.92 Å². The number of alkyl carbamates (subject to hydrolysis) is 1. The number of nitrogens with zero attached hydrogens (tertiary/aromatic N) is 1. The van der Waals surface area contributed by atoms with E-state index in [1.165, 1.54) is 4.90 Å². The van der Waals surface area contributed by atoms with Crippen molar-refractivity contribution in [3.05, 3.63) is 59.7 Å². The zero-order valence-electron chi connectivity index (χ0n) is 19.8. The van der Waals surface area contributed by atoms with Crippen LogP contribution in [0.4, 0.5) is 4.79 Å². The van der Waals surface area contributed by atoms with Crippen molar-refractivity contribution in [3.8, 4) is 11.1 Å². The van der Waals surface area contributed by atoms with Crippen LogP contribution in [0, 0.1) is 0 Å². The lowest BCUT2D eigenvalue weighted by Crippen LogP contribution is -2.58. The van der Waals surface area contributed by atoms with Gasteiger partial charge < -0.3 is 20.1 Å². The molecule has 34 heavy (non-hydrogen) atoms. The fourth-order valence-corrected chi connectivity index (χ4v) is 5.17. The Kier molecular flexibility index (Phi) is 6.91. The van der Waals surface area contributed by atoms with E-state index in [1.807, 2.05) is 31.2 Å². The molecule has 7 heteroatoms. The number of fused-ring (bicyclic) bond motifs is 3. The summed E-state index contributed by atoms with van der Waals surface area (Å²) in [7, 11) is 0. The predicted molar refractivity (Wildman–Crippen MR) is 129 cm³/mol. The van der Waals surface area contributed by atoms with Gasteiger partial charge in [-0.25, -0.2) is 9.59 Å². The Labute approximate surface area is 200 Å². The number of carbonyl (C=O) groups excluding carboxylic acids is 2. The lowest BCUT2D eigenvalue weighted by atomic mass is 9.88. The van der Waals surface area contributed by atoms with E-state index >= 15 is 0 Å². The van der Waals surface area contributed by atoms with Gasteiger partial charge in [0.05, 0.1) is 0 Å². The third-order valence-corrected chi connectivity index (χ3v) is 7.23. The van der Waals surface area contributed by atoms with Crippen LogP contribution in [0.25, 0.3) is 11.1 Å². The number of benzene rings is 2. The molecule has 1 fully saturated rings. The normalized spacial score (nSPS) is 20.2. The number of rotatable bonds is 7. The van der Waals surface area contributed by atoms with Gasteiger partial charge in [0.1, 0.15) is 12.1 Å². The predicted octanol–water partition coefficient (Wildman–Crippen LogP) is 4.55. The lowest BCUT2D eigenvalue weighted by molar-refractivity contribution is -0.161. The highest BCUT2D eigenvalue weighted by molar-refractivity contribution is 5.87. The van der Waals surface area contributed by atoms with Gasteiger partial charge >= 0.3 is 12.1 Å². The van der Waals surface area contributed by atoms with Gasteiger partial charge in [0.15, 0.2) is 0 Å². The molecule has 0 saturated carbocycles. The van der Waals surface area contributed by atoms with Gasteiger partial charge in [-0.1, -0.05) is 55.5 Å². The van der Waals surface area contributed by atoms with Crippen molar-refractivity contribution in [2.75, 3.05) is 13.2 Å². The average molecular weight is 465 g/mol. The Morgan fingerprint density at radius 3 is 2.29 bits per heavy atom. The minimum absolute atomic E-state index is 0.0375. The Morgan fingerprint density at radius 2 is 1.71 bits per heavy atom. The molecule has 2 atom stereocenters. The van der Waals surface area contributed by atoms with Gasteiger partial charge in [-0.2, -0.15) is 0 Å². The van der Waals surface area contributed by atoms with E-state index < -0.39 is 23.6 Å². The number of aliphatic carboxylic acids is 1. The number of hydrogen-bond donors (Lipinski definition) is 2. The Balaban J connectivity index is 1.37. The zero-order valence-corrected chi connectivity index (χ0v) is 19.8. The standard InChI is InChI=1S/C27H32N2O5/c1-3-18(16-24(30)29-15-9-8-14-27(29,2)25(31)32)28-26(33)34-17-23-21-12-6-4-10-19(21)20-11-5-7-13-22(20)23/h4-7,10-13,18,23H,3,8-9,14-17H2,1-2H3,(H,28,33)(H,31,32)/t18-,27?/m1/s1. The Bertz CT molecular complexity index is 1040. The van der Waals surface area contributed by atoms with E-state index in [2.05, 4.69) is 29.6 Å². The van der Waals surface area contributed by atoms with Gasteiger partial charge in [-0.05, 0) is 54.9 Å². The molecule has 0 aromatic heterocycles. The van der Waals surface area contributed by atoms with Crippen LogP contribution in [0.2, 0.25) is 0 Å². The second-order valence-corrected chi connectivity index (χ2v) is 9.36. The van der Waals surface area contributed by atoms with E-state index in [4.69, 9.17) is 4.74 Å². The van der Waals surface area contributed by atoms with Crippen LogP contribution in [-0.2, 0) is 14.3 Å². The first-order chi connectivity index (χ1) is 16.3. The highest BCUT2D eigenvalue weighted by Gasteiger charge is 2.44. The van der Waals surface area contributed by atoms with Crippen molar-refractivity contribution >= 4 is 18.0 Å². The van der Waals surface area contributed by atoms with Crippen LogP contribution in [0.1, 0.15) is 63.0 Å². The van der Waals surface area contributed by atoms with E-state index in [0.29, 0.717) is 19.4 Å². The van der Waals surface area contributed by atoms with Crippen molar-refractivity contribution in [2.24, 2.45) is 0 Å². The van der Waals surface area contributed by atoms with Gasteiger partial charge in [-0.15, -0.1) is 0 Å². The molecular weight excluding hydrogens is 432 g/mol. The summed E-state index contributed by atoms with van der Waals surface area (Å²) >= 11 is 0. The molecule has 2 aromatic carbocycles. The van der Waals surface area contributed by atoms with E-state index in [0.717, 1.165) is 35.1 Å². The monoisotopic (exact) mass is 464 g/mol. The smallest absolute Gasteiger partial charge is 0.407 e. The highest BCUT2D eigenvalue weighted by atomic mass is 16.5. The lowest BCUT2D eigenvalue weighted by Gasteiger charge is -2.42.